The third-order valence-corrected chi connectivity index (χ3v) is 6.18. The number of thiophene rings is 1. The fraction of sp³-hybridized carbons (Fsp3) is 0.636. The first kappa shape index (κ1) is 12.5. The molecule has 0 N–H and O–H groups in total. The number of rotatable bonds is 7. The second-order valence-corrected chi connectivity index (χ2v) is 6.79. The minimum atomic E-state index is 0.676. The van der Waals surface area contributed by atoms with Gasteiger partial charge in [-0.05, 0) is 35.8 Å². The number of hydrogen-bond donors (Lipinski definition) is 0. The van der Waals surface area contributed by atoms with Crippen LogP contribution in [-0.4, -0.2) is 11.5 Å². The van der Waals surface area contributed by atoms with E-state index in [1.165, 1.54) is 29.2 Å². The Morgan fingerprint density at radius 3 is 2.29 bits per heavy atom. The zero-order valence-corrected chi connectivity index (χ0v) is 11.3. The molecule has 0 atom stereocenters. The summed E-state index contributed by atoms with van der Waals surface area (Å²) in [6, 6.07) is 4.42. The molecule has 1 aromatic rings. The highest BCUT2D eigenvalue weighted by Gasteiger charge is 2.12. The second kappa shape index (κ2) is 7.66. The maximum absolute atomic E-state index is 2.26. The van der Waals surface area contributed by atoms with Gasteiger partial charge in [0.1, 0.15) is 0 Å². The van der Waals surface area contributed by atoms with Gasteiger partial charge in [0.2, 0.25) is 0 Å². The van der Waals surface area contributed by atoms with Gasteiger partial charge in [0.15, 0.2) is 0 Å². The van der Waals surface area contributed by atoms with Crippen molar-refractivity contribution < 1.29 is 0 Å². The molecular weight excluding hydrogens is 228 g/mol. The zero-order chi connectivity index (χ0) is 10.2. The normalized spacial score (nSPS) is 11.1. The molecule has 0 spiro atoms. The van der Waals surface area contributed by atoms with Crippen LogP contribution in [0.25, 0.3) is 0 Å². The highest BCUT2D eigenvalue weighted by molar-refractivity contribution is 8.16. The van der Waals surface area contributed by atoms with Gasteiger partial charge in [-0.2, -0.15) is 0 Å². The van der Waals surface area contributed by atoms with E-state index in [1.54, 1.807) is 0 Å². The second-order valence-electron chi connectivity index (χ2n) is 3.09. The van der Waals surface area contributed by atoms with Crippen LogP contribution in [0.3, 0.4) is 0 Å². The molecule has 80 valence electrons. The predicted molar refractivity (Wildman–Crippen MR) is 72.6 cm³/mol. The van der Waals surface area contributed by atoms with E-state index < -0.39 is 0 Å². The van der Waals surface area contributed by atoms with Gasteiger partial charge in [0, 0.05) is 4.88 Å². The molecule has 14 heavy (non-hydrogen) atoms. The minimum absolute atomic E-state index is 0.676. The summed E-state index contributed by atoms with van der Waals surface area (Å²) < 4.78 is 0.676. The molecule has 1 heterocycles. The van der Waals surface area contributed by atoms with Gasteiger partial charge in [-0.15, -0.1) is 34.9 Å². The van der Waals surface area contributed by atoms with E-state index in [0.717, 1.165) is 0 Å². The Hall–Kier alpha value is 0.400. The van der Waals surface area contributed by atoms with E-state index in [9.17, 15) is 0 Å². The molecule has 3 heteroatoms. The Morgan fingerprint density at radius 2 is 1.86 bits per heavy atom. The molecule has 0 nitrogen and oxygen atoms in total. The third-order valence-electron chi connectivity index (χ3n) is 1.72. The summed E-state index contributed by atoms with van der Waals surface area (Å²) in [6.07, 6.45) is 2.55. The summed E-state index contributed by atoms with van der Waals surface area (Å²) in [6.45, 7) is 4.51. The van der Waals surface area contributed by atoms with E-state index in [4.69, 9.17) is 0 Å². The topological polar surface area (TPSA) is 0 Å². The van der Waals surface area contributed by atoms with Crippen LogP contribution >= 0.6 is 34.9 Å². The van der Waals surface area contributed by atoms with Crippen LogP contribution in [0.1, 0.15) is 36.1 Å². The van der Waals surface area contributed by atoms with Gasteiger partial charge in [0.25, 0.3) is 0 Å². The van der Waals surface area contributed by atoms with Crippen molar-refractivity contribution in [3.63, 3.8) is 0 Å². The molecule has 1 rings (SSSR count). The first-order valence-electron chi connectivity index (χ1n) is 5.15. The molecule has 0 fully saturated rings. The Morgan fingerprint density at radius 1 is 1.21 bits per heavy atom. The summed E-state index contributed by atoms with van der Waals surface area (Å²) in [7, 11) is 0. The van der Waals surface area contributed by atoms with Crippen molar-refractivity contribution in [1.29, 1.82) is 0 Å². The van der Waals surface area contributed by atoms with Gasteiger partial charge in [0.05, 0.1) is 4.58 Å². The molecule has 0 aliphatic rings. The van der Waals surface area contributed by atoms with Crippen molar-refractivity contribution >= 4 is 34.9 Å². The molecule has 0 saturated carbocycles. The molecule has 0 unspecified atom stereocenters. The van der Waals surface area contributed by atoms with Crippen molar-refractivity contribution in [2.45, 2.75) is 31.3 Å². The van der Waals surface area contributed by atoms with E-state index in [1.807, 2.05) is 11.3 Å². The van der Waals surface area contributed by atoms with E-state index >= 15 is 0 Å². The lowest BCUT2D eigenvalue weighted by Gasteiger charge is -2.13. The Kier molecular flexibility index (Phi) is 6.82. The van der Waals surface area contributed by atoms with Crippen LogP contribution in [-0.2, 0) is 0 Å². The molecule has 0 aliphatic heterocycles. The molecule has 0 bridgehead atoms. The Bertz CT molecular complexity index is 210. The van der Waals surface area contributed by atoms with E-state index in [-0.39, 0.29) is 0 Å². The standard InChI is InChI=1S/C11H18S3/c1-3-7-13-11(14-8-4-2)10-6-5-9-12-10/h5-6,9,11H,3-4,7-8H2,1-2H3. The Labute approximate surface area is 99.9 Å². The van der Waals surface area contributed by atoms with Crippen LogP contribution in [0.2, 0.25) is 0 Å². The van der Waals surface area contributed by atoms with Crippen molar-refractivity contribution in [2.24, 2.45) is 0 Å². The van der Waals surface area contributed by atoms with Gasteiger partial charge in [-0.3, -0.25) is 0 Å². The highest BCUT2D eigenvalue weighted by atomic mass is 32.2. The average molecular weight is 246 g/mol. The highest BCUT2D eigenvalue weighted by Crippen LogP contribution is 2.41. The van der Waals surface area contributed by atoms with Gasteiger partial charge < -0.3 is 0 Å². The van der Waals surface area contributed by atoms with Crippen LogP contribution < -0.4 is 0 Å². The first-order valence-corrected chi connectivity index (χ1v) is 8.12. The van der Waals surface area contributed by atoms with Crippen LogP contribution in [0.15, 0.2) is 17.5 Å². The first-order chi connectivity index (χ1) is 6.88. The molecule has 0 amide bonds. The zero-order valence-electron chi connectivity index (χ0n) is 8.86. The summed E-state index contributed by atoms with van der Waals surface area (Å²) in [5, 5.41) is 2.18. The van der Waals surface area contributed by atoms with E-state index in [0.29, 0.717) is 4.58 Å². The minimum Gasteiger partial charge on any atom is -0.147 e. The smallest absolute Gasteiger partial charge is 0.0843 e. The monoisotopic (exact) mass is 246 g/mol. The van der Waals surface area contributed by atoms with Crippen molar-refractivity contribution in [3.8, 4) is 0 Å². The van der Waals surface area contributed by atoms with Gasteiger partial charge >= 0.3 is 0 Å². The van der Waals surface area contributed by atoms with Crippen LogP contribution in [0.5, 0.6) is 0 Å². The summed E-state index contributed by atoms with van der Waals surface area (Å²) in [5.41, 5.74) is 0. The molecule has 0 aromatic carbocycles. The fourth-order valence-electron chi connectivity index (χ4n) is 1.09. The molecular formula is C11H18S3. The van der Waals surface area contributed by atoms with Gasteiger partial charge in [-0.25, -0.2) is 0 Å². The van der Waals surface area contributed by atoms with Crippen LogP contribution in [0.4, 0.5) is 0 Å². The summed E-state index contributed by atoms with van der Waals surface area (Å²) in [4.78, 5) is 1.53. The molecule has 0 radical (unpaired) electrons. The summed E-state index contributed by atoms with van der Waals surface area (Å²) >= 11 is 6.08. The Balaban J connectivity index is 2.44. The average Bonchev–Trinajstić information content (AvgIpc) is 2.71. The maximum atomic E-state index is 2.26. The largest absolute Gasteiger partial charge is 0.147 e. The molecule has 0 aliphatic carbocycles. The third kappa shape index (κ3) is 4.28. The predicted octanol–water partition coefficient (Wildman–Crippen LogP) is 5.03. The number of hydrogen-bond acceptors (Lipinski definition) is 3. The molecule has 1 aromatic heterocycles. The van der Waals surface area contributed by atoms with Crippen molar-refractivity contribution in [1.82, 2.24) is 0 Å². The SMILES string of the molecule is CCCSC(SCCC)c1cccs1. The lowest BCUT2D eigenvalue weighted by molar-refractivity contribution is 1.10. The van der Waals surface area contributed by atoms with E-state index in [2.05, 4.69) is 54.9 Å². The van der Waals surface area contributed by atoms with Crippen LogP contribution in [0, 0.1) is 0 Å². The lowest BCUT2D eigenvalue weighted by atomic mass is 10.5. The van der Waals surface area contributed by atoms with Crippen molar-refractivity contribution in [2.75, 3.05) is 11.5 Å². The lowest BCUT2D eigenvalue weighted by Crippen LogP contribution is -1.89. The number of thioether (sulfide) groups is 2. The quantitative estimate of drug-likeness (QED) is 0.619. The van der Waals surface area contributed by atoms with Gasteiger partial charge in [-0.1, -0.05) is 19.9 Å². The maximum Gasteiger partial charge on any atom is 0.0843 e. The fourth-order valence-corrected chi connectivity index (χ4v) is 4.76. The summed E-state index contributed by atoms with van der Waals surface area (Å²) in [5.74, 6) is 2.55. The van der Waals surface area contributed by atoms with Crippen molar-refractivity contribution in [3.05, 3.63) is 22.4 Å². The molecule has 0 saturated heterocycles.